The summed E-state index contributed by atoms with van der Waals surface area (Å²) in [5.41, 5.74) is -2.55. The molecule has 1 rings (SSSR count). The predicted molar refractivity (Wildman–Crippen MR) is 46.7 cm³/mol. The van der Waals surface area contributed by atoms with Gasteiger partial charge in [-0.1, -0.05) is 6.07 Å². The molecule has 1 aromatic carbocycles. The number of halogens is 2. The highest BCUT2D eigenvalue weighted by Crippen LogP contribution is 2.26. The Morgan fingerprint density at radius 3 is 2.50 bits per heavy atom. The number of carbonyl (C=O) groups is 1. The molecule has 0 aliphatic heterocycles. The fraction of sp³-hybridized carbons (Fsp3) is 0.300. The zero-order valence-electron chi connectivity index (χ0n) is 7.84. The summed E-state index contributed by atoms with van der Waals surface area (Å²) in [5.74, 6) is -1.81. The molecule has 4 heteroatoms. The number of hydrogen-bond donors (Lipinski definition) is 1. The molecule has 0 aliphatic rings. The highest BCUT2D eigenvalue weighted by atomic mass is 19.1. The largest absolute Gasteiger partial charge is 0.378 e. The van der Waals surface area contributed by atoms with Gasteiger partial charge in [0.15, 0.2) is 6.29 Å². The van der Waals surface area contributed by atoms with E-state index >= 15 is 0 Å². The van der Waals surface area contributed by atoms with Crippen LogP contribution in [0.5, 0.6) is 0 Å². The minimum absolute atomic E-state index is 0.105. The predicted octanol–water partition coefficient (Wildman–Crippen LogP) is 1.68. The molecule has 1 N–H and O–H groups in total. The second-order valence-electron chi connectivity index (χ2n) is 3.32. The third kappa shape index (κ3) is 1.65. The standard InChI is InChI=1S/C10H10F2O2/c1-6-3-4-7(11)8(9(6)12)10(2,14)5-13/h3-5,14H,1-2H3. The monoisotopic (exact) mass is 200 g/mol. The Morgan fingerprint density at radius 1 is 1.43 bits per heavy atom. The quantitative estimate of drug-likeness (QED) is 0.737. The first-order valence-corrected chi connectivity index (χ1v) is 4.04. The SMILES string of the molecule is Cc1ccc(F)c(C(C)(O)C=O)c1F. The first-order chi connectivity index (χ1) is 6.40. The van der Waals surface area contributed by atoms with Crippen LogP contribution in [0.15, 0.2) is 12.1 Å². The molecule has 2 nitrogen and oxygen atoms in total. The van der Waals surface area contributed by atoms with E-state index in [9.17, 15) is 18.7 Å². The lowest BCUT2D eigenvalue weighted by Gasteiger charge is -2.18. The van der Waals surface area contributed by atoms with Crippen LogP contribution in [-0.4, -0.2) is 11.4 Å². The van der Waals surface area contributed by atoms with Crippen molar-refractivity contribution in [3.8, 4) is 0 Å². The van der Waals surface area contributed by atoms with Crippen molar-refractivity contribution < 1.29 is 18.7 Å². The molecule has 76 valence electrons. The van der Waals surface area contributed by atoms with Crippen molar-refractivity contribution in [1.82, 2.24) is 0 Å². The van der Waals surface area contributed by atoms with E-state index < -0.39 is 22.8 Å². The fourth-order valence-corrected chi connectivity index (χ4v) is 1.18. The molecule has 0 fully saturated rings. The van der Waals surface area contributed by atoms with E-state index in [1.54, 1.807) is 0 Å². The summed E-state index contributed by atoms with van der Waals surface area (Å²) in [6, 6.07) is 2.26. The maximum absolute atomic E-state index is 13.4. The van der Waals surface area contributed by atoms with Crippen LogP contribution in [0, 0.1) is 18.6 Å². The van der Waals surface area contributed by atoms with E-state index in [4.69, 9.17) is 0 Å². The minimum Gasteiger partial charge on any atom is -0.378 e. The number of aryl methyl sites for hydroxylation is 1. The van der Waals surface area contributed by atoms with Crippen molar-refractivity contribution >= 4 is 6.29 Å². The second-order valence-corrected chi connectivity index (χ2v) is 3.32. The van der Waals surface area contributed by atoms with E-state index in [0.717, 1.165) is 13.0 Å². The lowest BCUT2D eigenvalue weighted by molar-refractivity contribution is -0.123. The van der Waals surface area contributed by atoms with Gasteiger partial charge < -0.3 is 5.11 Å². The molecular formula is C10H10F2O2. The van der Waals surface area contributed by atoms with E-state index in [1.807, 2.05) is 0 Å². The van der Waals surface area contributed by atoms with Crippen LogP contribution in [0.4, 0.5) is 8.78 Å². The van der Waals surface area contributed by atoms with E-state index in [1.165, 1.54) is 13.0 Å². The third-order valence-corrected chi connectivity index (χ3v) is 2.02. The summed E-state index contributed by atoms with van der Waals surface area (Å²) < 4.78 is 26.5. The Kier molecular flexibility index (Phi) is 2.66. The number of hydrogen-bond acceptors (Lipinski definition) is 2. The van der Waals surface area contributed by atoms with Gasteiger partial charge in [-0.2, -0.15) is 0 Å². The fourth-order valence-electron chi connectivity index (χ4n) is 1.18. The third-order valence-electron chi connectivity index (χ3n) is 2.02. The molecule has 0 heterocycles. The number of aliphatic hydroxyl groups is 1. The molecule has 0 aromatic heterocycles. The van der Waals surface area contributed by atoms with Crippen LogP contribution in [-0.2, 0) is 10.4 Å². The minimum atomic E-state index is -2.12. The zero-order chi connectivity index (χ0) is 10.9. The highest BCUT2D eigenvalue weighted by molar-refractivity contribution is 5.65. The summed E-state index contributed by atoms with van der Waals surface area (Å²) in [6.07, 6.45) is 0.105. The van der Waals surface area contributed by atoms with Crippen molar-refractivity contribution in [3.05, 3.63) is 34.9 Å². The normalized spacial score (nSPS) is 14.9. The van der Waals surface area contributed by atoms with Crippen molar-refractivity contribution in [2.24, 2.45) is 0 Å². The molecule has 1 atom stereocenters. The van der Waals surface area contributed by atoms with Gasteiger partial charge in [0, 0.05) is 0 Å². The summed E-state index contributed by atoms with van der Waals surface area (Å²) in [5, 5.41) is 9.43. The Bertz CT molecular complexity index is 373. The average Bonchev–Trinajstić information content (AvgIpc) is 2.12. The Balaban J connectivity index is 3.47. The van der Waals surface area contributed by atoms with Crippen LogP contribution in [0.1, 0.15) is 18.1 Å². The van der Waals surface area contributed by atoms with Crippen LogP contribution in [0.2, 0.25) is 0 Å². The topological polar surface area (TPSA) is 37.3 Å². The summed E-state index contributed by atoms with van der Waals surface area (Å²) in [7, 11) is 0. The van der Waals surface area contributed by atoms with Crippen LogP contribution < -0.4 is 0 Å². The molecule has 0 saturated heterocycles. The first kappa shape index (κ1) is 10.8. The highest BCUT2D eigenvalue weighted by Gasteiger charge is 2.30. The van der Waals surface area contributed by atoms with Crippen LogP contribution >= 0.6 is 0 Å². The number of benzene rings is 1. The van der Waals surface area contributed by atoms with Gasteiger partial charge in [0.2, 0.25) is 0 Å². The molecule has 1 unspecified atom stereocenters. The molecule has 0 aliphatic carbocycles. The van der Waals surface area contributed by atoms with Crippen molar-refractivity contribution in [2.45, 2.75) is 19.4 Å². The smallest absolute Gasteiger partial charge is 0.156 e. The van der Waals surface area contributed by atoms with Gasteiger partial charge in [-0.3, -0.25) is 4.79 Å². The van der Waals surface area contributed by atoms with Crippen molar-refractivity contribution in [3.63, 3.8) is 0 Å². The van der Waals surface area contributed by atoms with Crippen molar-refractivity contribution in [1.29, 1.82) is 0 Å². The summed E-state index contributed by atoms with van der Waals surface area (Å²) in [4.78, 5) is 10.5. The van der Waals surface area contributed by atoms with E-state index in [0.29, 0.717) is 0 Å². The van der Waals surface area contributed by atoms with Gasteiger partial charge in [0.25, 0.3) is 0 Å². The van der Waals surface area contributed by atoms with Gasteiger partial charge in [-0.15, -0.1) is 0 Å². The molecule has 0 spiro atoms. The van der Waals surface area contributed by atoms with Gasteiger partial charge in [0.1, 0.15) is 17.2 Å². The van der Waals surface area contributed by atoms with Crippen LogP contribution in [0.25, 0.3) is 0 Å². The Labute approximate surface area is 80.2 Å². The molecule has 0 saturated carbocycles. The van der Waals surface area contributed by atoms with E-state index in [-0.39, 0.29) is 11.8 Å². The number of rotatable bonds is 2. The van der Waals surface area contributed by atoms with E-state index in [2.05, 4.69) is 0 Å². The Morgan fingerprint density at radius 2 is 2.00 bits per heavy atom. The molecule has 14 heavy (non-hydrogen) atoms. The molecule has 0 radical (unpaired) electrons. The second kappa shape index (κ2) is 3.46. The van der Waals surface area contributed by atoms with Crippen molar-refractivity contribution in [2.75, 3.05) is 0 Å². The van der Waals surface area contributed by atoms with Gasteiger partial charge in [-0.05, 0) is 25.5 Å². The summed E-state index contributed by atoms with van der Waals surface area (Å²) in [6.45, 7) is 2.47. The molecule has 0 bridgehead atoms. The molecule has 0 amide bonds. The maximum Gasteiger partial charge on any atom is 0.156 e. The molecular weight excluding hydrogens is 190 g/mol. The van der Waals surface area contributed by atoms with Gasteiger partial charge >= 0.3 is 0 Å². The molecule has 1 aromatic rings. The lowest BCUT2D eigenvalue weighted by atomic mass is 9.95. The zero-order valence-corrected chi connectivity index (χ0v) is 7.84. The lowest BCUT2D eigenvalue weighted by Crippen LogP contribution is -2.26. The average molecular weight is 200 g/mol. The maximum atomic E-state index is 13.4. The Hall–Kier alpha value is -1.29. The first-order valence-electron chi connectivity index (χ1n) is 4.04. The summed E-state index contributed by atoms with van der Waals surface area (Å²) >= 11 is 0. The van der Waals surface area contributed by atoms with Gasteiger partial charge in [-0.25, -0.2) is 8.78 Å². The number of aldehydes is 1. The van der Waals surface area contributed by atoms with Gasteiger partial charge in [0.05, 0.1) is 5.56 Å². The number of carbonyl (C=O) groups excluding carboxylic acids is 1. The van der Waals surface area contributed by atoms with Crippen LogP contribution in [0.3, 0.4) is 0 Å².